The van der Waals surface area contributed by atoms with Crippen LogP contribution in [0.5, 0.6) is 0 Å². The molecule has 0 unspecified atom stereocenters. The molecule has 1 nitrogen and oxygen atoms in total. The van der Waals surface area contributed by atoms with Crippen LogP contribution in [0.15, 0.2) is 12.2 Å². The lowest BCUT2D eigenvalue weighted by Gasteiger charge is -1.94. The lowest BCUT2D eigenvalue weighted by Crippen LogP contribution is -1.98. The number of aliphatic hydroxyl groups excluding tert-OH is 1. The van der Waals surface area contributed by atoms with Gasteiger partial charge in [-0.25, -0.2) is 0 Å². The molecule has 0 aromatic carbocycles. The molecule has 1 N–H and O–H groups in total. The molecule has 0 amide bonds. The molecule has 0 spiro atoms. The molecule has 9 heavy (non-hydrogen) atoms. The minimum atomic E-state index is -0.604. The van der Waals surface area contributed by atoms with Gasteiger partial charge in [-0.05, 0) is 6.42 Å². The molecule has 0 aliphatic carbocycles. The largest absolute Gasteiger partial charge is 0.380 e. The van der Waals surface area contributed by atoms with Gasteiger partial charge in [-0.1, -0.05) is 25.0 Å². The summed E-state index contributed by atoms with van der Waals surface area (Å²) in [5.41, 5.74) is 0. The number of aliphatic hydroxyl groups is 1. The summed E-state index contributed by atoms with van der Waals surface area (Å²) in [6.45, 7) is 2.04. The topological polar surface area (TPSA) is 20.2 Å². The fourth-order valence-corrected chi connectivity index (χ4v) is 0.460. The van der Waals surface area contributed by atoms with Crippen LogP contribution in [0.25, 0.3) is 0 Å². The van der Waals surface area contributed by atoms with Crippen molar-refractivity contribution in [2.24, 2.45) is 0 Å². The van der Waals surface area contributed by atoms with E-state index in [1.807, 2.05) is 19.1 Å². The fourth-order valence-electron chi connectivity index (χ4n) is 0.460. The summed E-state index contributed by atoms with van der Waals surface area (Å²) in [4.78, 5) is 0. The van der Waals surface area contributed by atoms with E-state index in [9.17, 15) is 0 Å². The summed E-state index contributed by atoms with van der Waals surface area (Å²) in [5.74, 6) is 2.23. The van der Waals surface area contributed by atoms with Gasteiger partial charge in [-0.3, -0.25) is 0 Å². The lowest BCUT2D eigenvalue weighted by atomic mass is 10.2. The van der Waals surface area contributed by atoms with E-state index >= 15 is 0 Å². The van der Waals surface area contributed by atoms with Crippen LogP contribution < -0.4 is 0 Å². The zero-order chi connectivity index (χ0) is 7.11. The van der Waals surface area contributed by atoms with Crippen LogP contribution >= 0.6 is 0 Å². The van der Waals surface area contributed by atoms with Crippen LogP contribution in [0.1, 0.15) is 19.8 Å². The van der Waals surface area contributed by atoms with Crippen LogP contribution in [0.2, 0.25) is 0 Å². The first-order valence-electron chi connectivity index (χ1n) is 3.10. The zero-order valence-corrected chi connectivity index (χ0v) is 5.67. The molecule has 50 valence electrons. The van der Waals surface area contributed by atoms with E-state index in [2.05, 4.69) is 5.92 Å². The summed E-state index contributed by atoms with van der Waals surface area (Å²) < 4.78 is 0. The van der Waals surface area contributed by atoms with Crippen LogP contribution in [-0.4, -0.2) is 11.2 Å². The second-order valence-electron chi connectivity index (χ2n) is 1.80. The Balaban J connectivity index is 3.29. The van der Waals surface area contributed by atoms with Crippen LogP contribution in [0.4, 0.5) is 0 Å². The summed E-state index contributed by atoms with van der Waals surface area (Å²) in [7, 11) is 0. The molecule has 0 aliphatic rings. The standard InChI is InChI=1S/C8H12O/c1-3-5-6-7-8(9)4-2/h2,5-6,8-9H,3,7H2,1H3/b6-5+/t8-/m0/s1. The smallest absolute Gasteiger partial charge is 0.117 e. The lowest BCUT2D eigenvalue weighted by molar-refractivity contribution is 0.236. The van der Waals surface area contributed by atoms with Crippen molar-refractivity contribution < 1.29 is 5.11 Å². The number of terminal acetylenes is 1. The van der Waals surface area contributed by atoms with Gasteiger partial charge >= 0.3 is 0 Å². The maximum absolute atomic E-state index is 8.80. The minimum Gasteiger partial charge on any atom is -0.380 e. The average molecular weight is 124 g/mol. The van der Waals surface area contributed by atoms with E-state index in [0.717, 1.165) is 6.42 Å². The molecule has 0 fully saturated rings. The molecule has 0 saturated heterocycles. The van der Waals surface area contributed by atoms with E-state index in [4.69, 9.17) is 11.5 Å². The van der Waals surface area contributed by atoms with Gasteiger partial charge < -0.3 is 5.11 Å². The second kappa shape index (κ2) is 5.40. The maximum Gasteiger partial charge on any atom is 0.117 e. The van der Waals surface area contributed by atoms with E-state index in [0.29, 0.717) is 6.42 Å². The Morgan fingerprint density at radius 3 is 2.78 bits per heavy atom. The Morgan fingerprint density at radius 2 is 2.33 bits per heavy atom. The second-order valence-corrected chi connectivity index (χ2v) is 1.80. The highest BCUT2D eigenvalue weighted by Crippen LogP contribution is 1.91. The van der Waals surface area contributed by atoms with Gasteiger partial charge in [-0.15, -0.1) is 6.42 Å². The quantitative estimate of drug-likeness (QED) is 0.444. The molecule has 1 atom stereocenters. The summed E-state index contributed by atoms with van der Waals surface area (Å²) in [6, 6.07) is 0. The molecule has 1 heteroatoms. The van der Waals surface area contributed by atoms with Gasteiger partial charge in [0, 0.05) is 6.42 Å². The van der Waals surface area contributed by atoms with Gasteiger partial charge in [0.15, 0.2) is 0 Å². The summed E-state index contributed by atoms with van der Waals surface area (Å²) >= 11 is 0. The van der Waals surface area contributed by atoms with Gasteiger partial charge in [-0.2, -0.15) is 0 Å². The van der Waals surface area contributed by atoms with Crippen molar-refractivity contribution >= 4 is 0 Å². The molecule has 0 aromatic heterocycles. The zero-order valence-electron chi connectivity index (χ0n) is 5.67. The first-order chi connectivity index (χ1) is 4.31. The molecule has 0 aliphatic heterocycles. The van der Waals surface area contributed by atoms with Crippen LogP contribution in [0, 0.1) is 12.3 Å². The third-order valence-corrected chi connectivity index (χ3v) is 0.954. The van der Waals surface area contributed by atoms with E-state index in [-0.39, 0.29) is 0 Å². The third-order valence-electron chi connectivity index (χ3n) is 0.954. The van der Waals surface area contributed by atoms with E-state index in [1.165, 1.54) is 0 Å². The maximum atomic E-state index is 8.80. The highest BCUT2D eigenvalue weighted by atomic mass is 16.3. The first-order valence-corrected chi connectivity index (χ1v) is 3.10. The highest BCUT2D eigenvalue weighted by Gasteiger charge is 1.90. The van der Waals surface area contributed by atoms with Gasteiger partial charge in [0.25, 0.3) is 0 Å². The minimum absolute atomic E-state index is 0.574. The molecular formula is C8H12O. The Bertz CT molecular complexity index is 119. The molecule has 0 heterocycles. The number of hydrogen-bond donors (Lipinski definition) is 1. The monoisotopic (exact) mass is 124 g/mol. The molecule has 0 bridgehead atoms. The average Bonchev–Trinajstić information content (AvgIpc) is 1.89. The Hall–Kier alpha value is -0.740. The molecule has 0 radical (unpaired) electrons. The number of allylic oxidation sites excluding steroid dienone is 1. The predicted octanol–water partition coefficient (Wildman–Crippen LogP) is 1.34. The van der Waals surface area contributed by atoms with E-state index in [1.54, 1.807) is 0 Å². The number of hydrogen-bond acceptors (Lipinski definition) is 1. The molecular weight excluding hydrogens is 112 g/mol. The first kappa shape index (κ1) is 8.26. The Labute approximate surface area is 56.4 Å². The Morgan fingerprint density at radius 1 is 1.67 bits per heavy atom. The Kier molecular flexibility index (Phi) is 4.95. The molecule has 0 saturated carbocycles. The van der Waals surface area contributed by atoms with Gasteiger partial charge in [0.05, 0.1) is 0 Å². The fraction of sp³-hybridized carbons (Fsp3) is 0.500. The van der Waals surface area contributed by atoms with Gasteiger partial charge in [0.2, 0.25) is 0 Å². The van der Waals surface area contributed by atoms with Crippen molar-refractivity contribution in [1.29, 1.82) is 0 Å². The van der Waals surface area contributed by atoms with Gasteiger partial charge in [0.1, 0.15) is 6.10 Å². The summed E-state index contributed by atoms with van der Waals surface area (Å²) in [6.07, 6.45) is 9.77. The number of rotatable bonds is 3. The third kappa shape index (κ3) is 5.13. The van der Waals surface area contributed by atoms with Crippen molar-refractivity contribution in [3.05, 3.63) is 12.2 Å². The van der Waals surface area contributed by atoms with E-state index < -0.39 is 6.10 Å². The van der Waals surface area contributed by atoms with Crippen molar-refractivity contribution in [3.63, 3.8) is 0 Å². The van der Waals surface area contributed by atoms with Crippen LogP contribution in [0.3, 0.4) is 0 Å². The summed E-state index contributed by atoms with van der Waals surface area (Å²) in [5, 5.41) is 8.80. The van der Waals surface area contributed by atoms with Crippen LogP contribution in [-0.2, 0) is 0 Å². The van der Waals surface area contributed by atoms with Crippen molar-refractivity contribution in [3.8, 4) is 12.3 Å². The highest BCUT2D eigenvalue weighted by molar-refractivity contribution is 4.98. The van der Waals surface area contributed by atoms with Crippen molar-refractivity contribution in [2.75, 3.05) is 0 Å². The predicted molar refractivity (Wildman–Crippen MR) is 38.9 cm³/mol. The molecule has 0 aromatic rings. The SMILES string of the molecule is C#C[C@H](O)C/C=C/CC. The molecule has 0 rings (SSSR count). The van der Waals surface area contributed by atoms with Crippen molar-refractivity contribution in [2.45, 2.75) is 25.9 Å². The normalized spacial score (nSPS) is 13.4. The van der Waals surface area contributed by atoms with Crippen molar-refractivity contribution in [1.82, 2.24) is 0 Å².